The number of anilines is 1. The summed E-state index contributed by atoms with van der Waals surface area (Å²) in [6.45, 7) is 1.41. The topological polar surface area (TPSA) is 63.6 Å². The van der Waals surface area contributed by atoms with Crippen LogP contribution >= 0.6 is 11.6 Å². The predicted molar refractivity (Wildman–Crippen MR) is 90.9 cm³/mol. The van der Waals surface area contributed by atoms with Gasteiger partial charge in [-0.25, -0.2) is 9.37 Å². The molecule has 1 aromatic heterocycles. The fourth-order valence-corrected chi connectivity index (χ4v) is 2.93. The van der Waals surface area contributed by atoms with Crippen LogP contribution in [0, 0.1) is 5.82 Å². The highest BCUT2D eigenvalue weighted by molar-refractivity contribution is 6.37. The van der Waals surface area contributed by atoms with E-state index < -0.39 is 34.5 Å². The Labute approximate surface area is 156 Å². The van der Waals surface area contributed by atoms with Crippen LogP contribution in [0.1, 0.15) is 23.7 Å². The van der Waals surface area contributed by atoms with Crippen LogP contribution in [0.2, 0.25) is 5.02 Å². The fraction of sp³-hybridized carbons (Fsp3) is 0.235. The number of aliphatic imine (C=N–C) groups is 1. The highest BCUT2D eigenvalue weighted by Gasteiger charge is 2.37. The molecule has 0 unspecified atom stereocenters. The first kappa shape index (κ1) is 19.1. The van der Waals surface area contributed by atoms with Gasteiger partial charge in [0.15, 0.2) is 5.82 Å². The SMILES string of the molecule is COc1ccc(F)c(C2=N[C@@H](C)C(=O)Nc3ccc(C(F)(F)F)c(Cl)c32)n1. The van der Waals surface area contributed by atoms with Crippen molar-refractivity contribution in [2.24, 2.45) is 4.99 Å². The molecule has 3 rings (SSSR count). The lowest BCUT2D eigenvalue weighted by atomic mass is 10.0. The van der Waals surface area contributed by atoms with E-state index in [2.05, 4.69) is 15.3 Å². The largest absolute Gasteiger partial charge is 0.481 e. The zero-order valence-corrected chi connectivity index (χ0v) is 14.7. The van der Waals surface area contributed by atoms with Crippen LogP contribution in [-0.2, 0) is 11.0 Å². The number of benzodiazepines with no additional fused rings is 1. The van der Waals surface area contributed by atoms with Crippen molar-refractivity contribution in [2.45, 2.75) is 19.1 Å². The number of carbonyl (C=O) groups excluding carboxylic acids is 1. The summed E-state index contributed by atoms with van der Waals surface area (Å²) >= 11 is 6.02. The van der Waals surface area contributed by atoms with Gasteiger partial charge in [-0.3, -0.25) is 9.79 Å². The van der Waals surface area contributed by atoms with Crippen molar-refractivity contribution < 1.29 is 27.1 Å². The molecule has 0 fully saturated rings. The number of rotatable bonds is 2. The van der Waals surface area contributed by atoms with Gasteiger partial charge in [-0.05, 0) is 25.1 Å². The molecular weight excluding hydrogens is 390 g/mol. The number of halogens is 5. The number of alkyl halides is 3. The summed E-state index contributed by atoms with van der Waals surface area (Å²) in [4.78, 5) is 20.2. The standard InChI is InChI=1S/C17H12ClF4N3O2/c1-7-16(26)24-10-5-3-8(17(20,21)22)13(18)12(10)15(23-7)14-9(19)4-6-11(25-14)27-2/h3-7H,1-2H3,(H,24,26)/t7-/m0/s1. The molecule has 0 bridgehead atoms. The number of amides is 1. The predicted octanol–water partition coefficient (Wildman–Crippen LogP) is 4.08. The Balaban J connectivity index is 2.35. The maximum atomic E-state index is 14.4. The Bertz CT molecular complexity index is 960. The van der Waals surface area contributed by atoms with Gasteiger partial charge in [-0.1, -0.05) is 11.6 Å². The number of hydrogen-bond acceptors (Lipinski definition) is 4. The van der Waals surface area contributed by atoms with Gasteiger partial charge in [0.2, 0.25) is 11.8 Å². The van der Waals surface area contributed by atoms with E-state index in [0.717, 1.165) is 18.2 Å². The smallest absolute Gasteiger partial charge is 0.417 e. The molecule has 27 heavy (non-hydrogen) atoms. The third kappa shape index (κ3) is 3.46. The van der Waals surface area contributed by atoms with Gasteiger partial charge >= 0.3 is 6.18 Å². The Hall–Kier alpha value is -2.68. The maximum absolute atomic E-state index is 14.4. The molecule has 2 aromatic rings. The van der Waals surface area contributed by atoms with E-state index in [1.54, 1.807) is 0 Å². The normalized spacial score (nSPS) is 16.9. The van der Waals surface area contributed by atoms with Crippen molar-refractivity contribution in [2.75, 3.05) is 12.4 Å². The lowest BCUT2D eigenvalue weighted by Gasteiger charge is -2.17. The quantitative estimate of drug-likeness (QED) is 0.771. The van der Waals surface area contributed by atoms with E-state index in [-0.39, 0.29) is 28.5 Å². The number of carbonyl (C=O) groups is 1. The number of pyridine rings is 1. The van der Waals surface area contributed by atoms with Crippen LogP contribution < -0.4 is 10.1 Å². The first-order chi connectivity index (χ1) is 12.6. The van der Waals surface area contributed by atoms with Crippen molar-refractivity contribution in [1.29, 1.82) is 0 Å². The summed E-state index contributed by atoms with van der Waals surface area (Å²) < 4.78 is 59.2. The minimum atomic E-state index is -4.75. The molecule has 2 heterocycles. The van der Waals surface area contributed by atoms with Gasteiger partial charge in [0.25, 0.3) is 0 Å². The number of ether oxygens (including phenoxy) is 1. The molecule has 1 amide bonds. The van der Waals surface area contributed by atoms with E-state index >= 15 is 0 Å². The van der Waals surface area contributed by atoms with Gasteiger partial charge in [0.05, 0.1) is 29.1 Å². The van der Waals surface area contributed by atoms with E-state index in [1.807, 2.05) is 0 Å². The second kappa shape index (κ2) is 6.80. The number of benzene rings is 1. The zero-order valence-electron chi connectivity index (χ0n) is 14.0. The fourth-order valence-electron chi connectivity index (χ4n) is 2.57. The van der Waals surface area contributed by atoms with Crippen LogP contribution in [0.5, 0.6) is 5.88 Å². The molecule has 10 heteroatoms. The molecule has 1 atom stereocenters. The monoisotopic (exact) mass is 401 g/mol. The Morgan fingerprint density at radius 3 is 2.56 bits per heavy atom. The summed E-state index contributed by atoms with van der Waals surface area (Å²) in [7, 11) is 1.30. The lowest BCUT2D eigenvalue weighted by molar-refractivity contribution is -0.137. The maximum Gasteiger partial charge on any atom is 0.417 e. The minimum absolute atomic E-state index is 0.0230. The number of hydrogen-bond donors (Lipinski definition) is 1. The first-order valence-electron chi connectivity index (χ1n) is 7.63. The summed E-state index contributed by atoms with van der Waals surface area (Å²) in [6.07, 6.45) is -4.75. The van der Waals surface area contributed by atoms with E-state index in [9.17, 15) is 22.4 Å². The van der Waals surface area contributed by atoms with Crippen molar-refractivity contribution >= 4 is 28.9 Å². The molecule has 0 saturated heterocycles. The molecule has 142 valence electrons. The van der Waals surface area contributed by atoms with Crippen LogP contribution in [0.3, 0.4) is 0 Å². The average Bonchev–Trinajstić information content (AvgIpc) is 2.71. The second-order valence-corrected chi connectivity index (χ2v) is 6.05. The molecule has 1 aromatic carbocycles. The molecule has 1 N–H and O–H groups in total. The molecule has 5 nitrogen and oxygen atoms in total. The zero-order chi connectivity index (χ0) is 19.9. The summed E-state index contributed by atoms with van der Waals surface area (Å²) in [5, 5.41) is 1.74. The molecular formula is C17H12ClF4N3O2. The highest BCUT2D eigenvalue weighted by atomic mass is 35.5. The average molecular weight is 402 g/mol. The highest BCUT2D eigenvalue weighted by Crippen LogP contribution is 2.41. The number of nitrogens with zero attached hydrogens (tertiary/aromatic N) is 2. The van der Waals surface area contributed by atoms with E-state index in [4.69, 9.17) is 16.3 Å². The summed E-state index contributed by atoms with van der Waals surface area (Å²) in [5.74, 6) is -1.41. The van der Waals surface area contributed by atoms with Crippen LogP contribution in [0.25, 0.3) is 0 Å². The summed E-state index contributed by atoms with van der Waals surface area (Å²) in [6, 6.07) is 3.07. The van der Waals surface area contributed by atoms with Crippen molar-refractivity contribution in [3.63, 3.8) is 0 Å². The third-order valence-corrected chi connectivity index (χ3v) is 4.29. The summed E-state index contributed by atoms with van der Waals surface area (Å²) in [5.41, 5.74) is -2.07. The van der Waals surface area contributed by atoms with Gasteiger partial charge < -0.3 is 10.1 Å². The number of methoxy groups -OCH3 is 1. The van der Waals surface area contributed by atoms with E-state index in [0.29, 0.717) is 0 Å². The molecule has 0 spiro atoms. The van der Waals surface area contributed by atoms with Crippen LogP contribution in [-0.4, -0.2) is 29.8 Å². The Morgan fingerprint density at radius 2 is 1.93 bits per heavy atom. The van der Waals surface area contributed by atoms with Gasteiger partial charge in [0.1, 0.15) is 11.7 Å². The van der Waals surface area contributed by atoms with Crippen molar-refractivity contribution in [1.82, 2.24) is 4.98 Å². The number of nitrogens with one attached hydrogen (secondary N) is 1. The molecule has 0 radical (unpaired) electrons. The molecule has 0 aliphatic carbocycles. The number of fused-ring (bicyclic) bond motifs is 1. The molecule has 1 aliphatic heterocycles. The lowest BCUT2D eigenvalue weighted by Crippen LogP contribution is -2.22. The Kier molecular flexibility index (Phi) is 4.81. The van der Waals surface area contributed by atoms with Crippen LogP contribution in [0.4, 0.5) is 23.2 Å². The minimum Gasteiger partial charge on any atom is -0.481 e. The van der Waals surface area contributed by atoms with Crippen LogP contribution in [0.15, 0.2) is 29.3 Å². The molecule has 0 saturated carbocycles. The molecule has 1 aliphatic rings. The van der Waals surface area contributed by atoms with Gasteiger partial charge in [-0.15, -0.1) is 0 Å². The van der Waals surface area contributed by atoms with Crippen molar-refractivity contribution in [3.8, 4) is 5.88 Å². The van der Waals surface area contributed by atoms with Gasteiger partial charge in [-0.2, -0.15) is 13.2 Å². The Morgan fingerprint density at radius 1 is 1.22 bits per heavy atom. The van der Waals surface area contributed by atoms with Gasteiger partial charge in [0, 0.05) is 11.6 Å². The van der Waals surface area contributed by atoms with Crippen molar-refractivity contribution in [3.05, 3.63) is 51.9 Å². The first-order valence-corrected chi connectivity index (χ1v) is 8.01. The van der Waals surface area contributed by atoms with E-state index in [1.165, 1.54) is 20.1 Å². The third-order valence-electron chi connectivity index (χ3n) is 3.90. The second-order valence-electron chi connectivity index (χ2n) is 5.67. The number of aromatic nitrogens is 1.